The summed E-state index contributed by atoms with van der Waals surface area (Å²) in [4.78, 5) is 0. The molecule has 146 valence electrons. The zero-order valence-electron chi connectivity index (χ0n) is 16.0. The average molecular weight is 395 g/mol. The van der Waals surface area contributed by atoms with Crippen molar-refractivity contribution < 1.29 is 14.2 Å². The van der Waals surface area contributed by atoms with Crippen LogP contribution in [-0.4, -0.2) is 0 Å². The van der Waals surface area contributed by atoms with E-state index in [0.717, 1.165) is 16.7 Å². The summed E-state index contributed by atoms with van der Waals surface area (Å²) in [6, 6.07) is 21.9. The maximum absolute atomic E-state index is 9.05. The van der Waals surface area contributed by atoms with Crippen LogP contribution in [0.3, 0.4) is 0 Å². The van der Waals surface area contributed by atoms with Crippen LogP contribution in [0.4, 0.5) is 0 Å². The number of ether oxygens (including phenoxy) is 3. The van der Waals surface area contributed by atoms with E-state index < -0.39 is 0 Å². The minimum atomic E-state index is -0.228. The van der Waals surface area contributed by atoms with E-state index in [1.54, 1.807) is 55.2 Å². The molecule has 3 rings (SSSR count). The van der Waals surface area contributed by atoms with Gasteiger partial charge in [-0.05, 0) is 36.6 Å². The van der Waals surface area contributed by atoms with Gasteiger partial charge >= 0.3 is 0 Å². The summed E-state index contributed by atoms with van der Waals surface area (Å²) in [6.07, 6.45) is 6.36. The van der Waals surface area contributed by atoms with Gasteiger partial charge in [0.15, 0.2) is 0 Å². The van der Waals surface area contributed by atoms with E-state index in [9.17, 15) is 0 Å². The normalized spacial score (nSPS) is 9.80. The lowest BCUT2D eigenvalue weighted by molar-refractivity contribution is 0.478. The molecule has 3 aromatic rings. The Hall–Kier alpha value is -4.47. The number of hydrogen-bond donors (Lipinski definition) is 0. The first-order chi connectivity index (χ1) is 14.8. The molecule has 0 amide bonds. The van der Waals surface area contributed by atoms with Crippen LogP contribution >= 0.6 is 0 Å². The molecular formula is C24H17N3O3. The van der Waals surface area contributed by atoms with Crippen molar-refractivity contribution in [2.45, 2.75) is 18.8 Å². The van der Waals surface area contributed by atoms with E-state index in [0.29, 0.717) is 30.1 Å². The lowest BCUT2D eigenvalue weighted by Crippen LogP contribution is -2.07. The second-order valence-corrected chi connectivity index (χ2v) is 6.35. The minimum absolute atomic E-state index is 0.228. The van der Waals surface area contributed by atoms with Gasteiger partial charge in [0.05, 0.1) is 0 Å². The molecule has 0 bridgehead atoms. The largest absolute Gasteiger partial charge is 0.388 e. The molecule has 0 saturated carbocycles. The van der Waals surface area contributed by atoms with Crippen LogP contribution in [0.2, 0.25) is 0 Å². The summed E-state index contributed by atoms with van der Waals surface area (Å²) in [6.45, 7) is 0. The number of nitrogens with zero attached hydrogens (tertiary/aromatic N) is 3. The van der Waals surface area contributed by atoms with Gasteiger partial charge in [-0.15, -0.1) is 15.8 Å². The highest BCUT2D eigenvalue weighted by atomic mass is 16.5. The predicted octanol–water partition coefficient (Wildman–Crippen LogP) is 5.03. The second kappa shape index (κ2) is 10.2. The lowest BCUT2D eigenvalue weighted by Gasteiger charge is -2.21. The monoisotopic (exact) mass is 395 g/mol. The van der Waals surface area contributed by atoms with Crippen molar-refractivity contribution in [1.29, 1.82) is 15.8 Å². The molecule has 0 aliphatic heterocycles. The summed E-state index contributed by atoms with van der Waals surface area (Å²) in [7, 11) is 0. The van der Waals surface area contributed by atoms with Crippen molar-refractivity contribution in [2.24, 2.45) is 0 Å². The van der Waals surface area contributed by atoms with Crippen LogP contribution in [0.25, 0.3) is 0 Å². The third-order valence-corrected chi connectivity index (χ3v) is 4.73. The number of aryl methyl sites for hydroxylation is 1. The fraction of sp³-hybridized carbons (Fsp3) is 0.125. The summed E-state index contributed by atoms with van der Waals surface area (Å²) >= 11 is 0. The molecule has 0 aliphatic carbocycles. The Balaban J connectivity index is 2.03. The smallest absolute Gasteiger partial charge is 0.292 e. The Morgan fingerprint density at radius 2 is 1.03 bits per heavy atom. The number of hydrogen-bond acceptors (Lipinski definition) is 6. The van der Waals surface area contributed by atoms with Gasteiger partial charge in [-0.2, -0.15) is 0 Å². The van der Waals surface area contributed by atoms with E-state index in [4.69, 9.17) is 30.0 Å². The zero-order valence-corrected chi connectivity index (χ0v) is 16.0. The first-order valence-electron chi connectivity index (χ1n) is 9.22. The standard InChI is InChI=1S/C24H17N3O3/c25-15-28-22-10-4-1-7-18(22)13-14-19(20-8-2-5-11-23(20)29-16-26)21-9-3-6-12-24(21)30-17-27/h1-12,19H,13-14H2. The van der Waals surface area contributed by atoms with Gasteiger partial charge in [0.1, 0.15) is 17.2 Å². The topological polar surface area (TPSA) is 99.1 Å². The van der Waals surface area contributed by atoms with Crippen LogP contribution in [-0.2, 0) is 6.42 Å². The molecule has 6 heteroatoms. The van der Waals surface area contributed by atoms with E-state index in [-0.39, 0.29) is 5.92 Å². The molecule has 0 atom stereocenters. The fourth-order valence-electron chi connectivity index (χ4n) is 3.46. The Morgan fingerprint density at radius 1 is 0.600 bits per heavy atom. The summed E-state index contributed by atoms with van der Waals surface area (Å²) in [5.41, 5.74) is 2.47. The van der Waals surface area contributed by atoms with Crippen LogP contribution in [0.15, 0.2) is 72.8 Å². The van der Waals surface area contributed by atoms with Crippen molar-refractivity contribution in [3.63, 3.8) is 0 Å². The molecule has 3 aromatic carbocycles. The van der Waals surface area contributed by atoms with E-state index in [1.165, 1.54) is 0 Å². The van der Waals surface area contributed by atoms with Crippen LogP contribution < -0.4 is 14.2 Å². The second-order valence-electron chi connectivity index (χ2n) is 6.35. The first kappa shape index (κ1) is 20.3. The lowest BCUT2D eigenvalue weighted by atomic mass is 9.85. The molecule has 0 heterocycles. The minimum Gasteiger partial charge on any atom is -0.388 e. The average Bonchev–Trinajstić information content (AvgIpc) is 2.77. The first-order valence-corrected chi connectivity index (χ1v) is 9.22. The number of nitriles is 3. The van der Waals surface area contributed by atoms with Gasteiger partial charge in [-0.25, -0.2) is 0 Å². The van der Waals surface area contributed by atoms with Crippen molar-refractivity contribution >= 4 is 0 Å². The van der Waals surface area contributed by atoms with Gasteiger partial charge in [-0.1, -0.05) is 54.6 Å². The third-order valence-electron chi connectivity index (χ3n) is 4.73. The summed E-state index contributed by atoms with van der Waals surface area (Å²) in [5, 5.41) is 27.0. The Labute approximate surface area is 174 Å². The molecule has 0 fully saturated rings. The SMILES string of the molecule is N#COc1ccccc1CCC(c1ccccc1OC#N)c1ccccc1OC#N. The van der Waals surface area contributed by atoms with Gasteiger partial charge in [0.25, 0.3) is 18.8 Å². The maximum atomic E-state index is 9.05. The number of para-hydroxylation sites is 3. The summed E-state index contributed by atoms with van der Waals surface area (Å²) in [5.74, 6) is 1.16. The van der Waals surface area contributed by atoms with E-state index >= 15 is 0 Å². The Kier molecular flexibility index (Phi) is 6.88. The van der Waals surface area contributed by atoms with Gasteiger partial charge in [0.2, 0.25) is 0 Å². The molecule has 0 saturated heterocycles. The molecule has 0 N–H and O–H groups in total. The van der Waals surface area contributed by atoms with Crippen molar-refractivity contribution in [1.82, 2.24) is 0 Å². The van der Waals surface area contributed by atoms with Gasteiger partial charge < -0.3 is 14.2 Å². The predicted molar refractivity (Wildman–Crippen MR) is 108 cm³/mol. The highest BCUT2D eigenvalue weighted by molar-refractivity contribution is 5.48. The Bertz CT molecular complexity index is 1080. The van der Waals surface area contributed by atoms with Crippen molar-refractivity contribution in [3.05, 3.63) is 89.5 Å². The highest BCUT2D eigenvalue weighted by Gasteiger charge is 2.23. The molecule has 6 nitrogen and oxygen atoms in total. The van der Waals surface area contributed by atoms with Crippen LogP contribution in [0.1, 0.15) is 29.0 Å². The number of benzene rings is 3. The zero-order chi connectivity index (χ0) is 21.2. The maximum Gasteiger partial charge on any atom is 0.292 e. The molecule has 30 heavy (non-hydrogen) atoms. The van der Waals surface area contributed by atoms with E-state index in [2.05, 4.69) is 0 Å². The highest BCUT2D eigenvalue weighted by Crippen LogP contribution is 2.40. The fourth-order valence-corrected chi connectivity index (χ4v) is 3.46. The van der Waals surface area contributed by atoms with Gasteiger partial charge in [0, 0.05) is 17.0 Å². The molecule has 0 aromatic heterocycles. The van der Waals surface area contributed by atoms with Gasteiger partial charge in [-0.3, -0.25) is 0 Å². The van der Waals surface area contributed by atoms with E-state index in [1.807, 2.05) is 36.4 Å². The quantitative estimate of drug-likeness (QED) is 0.496. The molecule has 0 spiro atoms. The molecule has 0 radical (unpaired) electrons. The Morgan fingerprint density at radius 3 is 1.57 bits per heavy atom. The molecule has 0 aliphatic rings. The third kappa shape index (κ3) is 4.68. The van der Waals surface area contributed by atoms with Crippen LogP contribution in [0.5, 0.6) is 17.2 Å². The van der Waals surface area contributed by atoms with Crippen LogP contribution in [0, 0.1) is 34.6 Å². The molecular weight excluding hydrogens is 378 g/mol. The van der Waals surface area contributed by atoms with Crippen molar-refractivity contribution in [3.8, 4) is 36.0 Å². The summed E-state index contributed by atoms with van der Waals surface area (Å²) < 4.78 is 15.4. The number of rotatable bonds is 8. The van der Waals surface area contributed by atoms with Crippen molar-refractivity contribution in [2.75, 3.05) is 0 Å². The molecule has 0 unspecified atom stereocenters.